The SMILES string of the molecule is CN(CC(O)CO)c1nccc(-c2ccc(C(=O)NCCn3cc(C(=N)N)c4ccccc43)cc2)n1. The van der Waals surface area contributed by atoms with Gasteiger partial charge in [0.1, 0.15) is 5.84 Å². The minimum absolute atomic E-state index is 0.0132. The van der Waals surface area contributed by atoms with Crippen LogP contribution >= 0.6 is 0 Å². The molecule has 10 nitrogen and oxygen atoms in total. The number of carbonyl (C=O) groups is 1. The number of rotatable bonds is 10. The highest BCUT2D eigenvalue weighted by atomic mass is 16.3. The molecule has 6 N–H and O–H groups in total. The number of amidine groups is 1. The molecular weight excluding hydrogens is 458 g/mol. The first kappa shape index (κ1) is 24.8. The second kappa shape index (κ2) is 11.0. The Labute approximate surface area is 208 Å². The molecule has 4 rings (SSSR count). The molecule has 0 radical (unpaired) electrons. The maximum Gasteiger partial charge on any atom is 0.251 e. The fourth-order valence-electron chi connectivity index (χ4n) is 3.98. The van der Waals surface area contributed by atoms with E-state index in [2.05, 4.69) is 15.3 Å². The number of amides is 1. The zero-order valence-electron chi connectivity index (χ0n) is 19.9. The van der Waals surface area contributed by atoms with E-state index >= 15 is 0 Å². The molecule has 0 aliphatic heterocycles. The highest BCUT2D eigenvalue weighted by molar-refractivity contribution is 6.07. The van der Waals surface area contributed by atoms with E-state index < -0.39 is 6.10 Å². The van der Waals surface area contributed by atoms with Crippen LogP contribution in [0.25, 0.3) is 22.2 Å². The molecule has 0 fully saturated rings. The van der Waals surface area contributed by atoms with E-state index in [1.807, 2.05) is 47.2 Å². The van der Waals surface area contributed by atoms with Gasteiger partial charge >= 0.3 is 0 Å². The van der Waals surface area contributed by atoms with Crippen LogP contribution in [-0.4, -0.2) is 69.3 Å². The molecule has 2 aromatic carbocycles. The standard InChI is InChI=1S/C26H29N7O3/c1-32(14-19(35)16-34)26-30-11-10-22(31-26)17-6-8-18(9-7-17)25(36)29-12-13-33-15-21(24(27)28)20-4-2-3-5-23(20)33/h2-11,15,19,34-35H,12-14,16H2,1H3,(H3,27,28)(H,29,36). The molecule has 186 valence electrons. The summed E-state index contributed by atoms with van der Waals surface area (Å²) in [6, 6.07) is 16.6. The third-order valence-corrected chi connectivity index (χ3v) is 5.84. The molecule has 1 amide bonds. The van der Waals surface area contributed by atoms with E-state index in [4.69, 9.17) is 16.2 Å². The summed E-state index contributed by atoms with van der Waals surface area (Å²) < 4.78 is 1.98. The average Bonchev–Trinajstić information content (AvgIpc) is 3.27. The molecule has 0 saturated heterocycles. The number of nitrogens with one attached hydrogen (secondary N) is 2. The second-order valence-corrected chi connectivity index (χ2v) is 8.46. The van der Waals surface area contributed by atoms with Crippen molar-refractivity contribution in [1.29, 1.82) is 5.41 Å². The number of aliphatic hydroxyl groups excluding tert-OH is 2. The number of hydrogen-bond acceptors (Lipinski definition) is 7. The summed E-state index contributed by atoms with van der Waals surface area (Å²) in [7, 11) is 1.74. The number of hydrogen-bond donors (Lipinski definition) is 5. The number of nitrogens with zero attached hydrogens (tertiary/aromatic N) is 4. The summed E-state index contributed by atoms with van der Waals surface area (Å²) in [4.78, 5) is 23.1. The van der Waals surface area contributed by atoms with Gasteiger partial charge < -0.3 is 30.7 Å². The summed E-state index contributed by atoms with van der Waals surface area (Å²) in [6.45, 7) is 0.820. The normalized spacial score (nSPS) is 11.9. The Morgan fingerprint density at radius 1 is 1.19 bits per heavy atom. The van der Waals surface area contributed by atoms with Gasteiger partial charge in [0.05, 0.1) is 18.4 Å². The zero-order chi connectivity index (χ0) is 25.7. The summed E-state index contributed by atoms with van der Waals surface area (Å²) in [5, 5.41) is 30.3. The van der Waals surface area contributed by atoms with Crippen LogP contribution in [0.1, 0.15) is 15.9 Å². The van der Waals surface area contributed by atoms with Crippen molar-refractivity contribution < 1.29 is 15.0 Å². The first-order chi connectivity index (χ1) is 17.4. The number of anilines is 1. The number of nitrogens with two attached hydrogens (primary N) is 1. The van der Waals surface area contributed by atoms with Gasteiger partial charge in [0, 0.05) is 66.7 Å². The number of likely N-dealkylation sites (N-methyl/N-ethyl adjacent to an activating group) is 1. The Kier molecular flexibility index (Phi) is 7.57. The first-order valence-electron chi connectivity index (χ1n) is 11.5. The fraction of sp³-hybridized carbons (Fsp3) is 0.231. The van der Waals surface area contributed by atoms with Crippen molar-refractivity contribution in [3.05, 3.63) is 78.1 Å². The van der Waals surface area contributed by atoms with Gasteiger partial charge in [-0.2, -0.15) is 0 Å². The van der Waals surface area contributed by atoms with E-state index in [9.17, 15) is 9.90 Å². The number of para-hydroxylation sites is 1. The number of aromatic nitrogens is 3. The Balaban J connectivity index is 1.39. The Hall–Kier alpha value is -4.28. The van der Waals surface area contributed by atoms with Crippen molar-refractivity contribution in [2.75, 3.05) is 31.6 Å². The highest BCUT2D eigenvalue weighted by Gasteiger charge is 2.13. The van der Waals surface area contributed by atoms with Crippen LogP contribution in [0.3, 0.4) is 0 Å². The van der Waals surface area contributed by atoms with Gasteiger partial charge in [0.25, 0.3) is 5.91 Å². The van der Waals surface area contributed by atoms with Crippen molar-refractivity contribution in [2.24, 2.45) is 5.73 Å². The van der Waals surface area contributed by atoms with Gasteiger partial charge in [0.2, 0.25) is 5.95 Å². The zero-order valence-corrected chi connectivity index (χ0v) is 19.9. The Bertz CT molecular complexity index is 1370. The van der Waals surface area contributed by atoms with Crippen molar-refractivity contribution in [3.8, 4) is 11.3 Å². The van der Waals surface area contributed by atoms with Gasteiger partial charge in [-0.15, -0.1) is 0 Å². The van der Waals surface area contributed by atoms with Crippen LogP contribution in [0.15, 0.2) is 67.0 Å². The summed E-state index contributed by atoms with van der Waals surface area (Å²) in [5.41, 5.74) is 9.38. The van der Waals surface area contributed by atoms with Gasteiger partial charge in [0.15, 0.2) is 0 Å². The van der Waals surface area contributed by atoms with Gasteiger partial charge in [-0.3, -0.25) is 10.2 Å². The molecule has 4 aromatic rings. The molecule has 2 aromatic heterocycles. The fourth-order valence-corrected chi connectivity index (χ4v) is 3.98. The van der Waals surface area contributed by atoms with Crippen LogP contribution in [0.2, 0.25) is 0 Å². The smallest absolute Gasteiger partial charge is 0.251 e. The molecule has 0 saturated carbocycles. The lowest BCUT2D eigenvalue weighted by molar-refractivity contribution is 0.0952. The minimum Gasteiger partial charge on any atom is -0.394 e. The lowest BCUT2D eigenvalue weighted by atomic mass is 10.1. The Morgan fingerprint density at radius 3 is 2.67 bits per heavy atom. The number of fused-ring (bicyclic) bond motifs is 1. The van der Waals surface area contributed by atoms with Crippen LogP contribution in [0, 0.1) is 5.41 Å². The predicted molar refractivity (Wildman–Crippen MR) is 139 cm³/mol. The van der Waals surface area contributed by atoms with E-state index in [1.165, 1.54) is 0 Å². The third kappa shape index (κ3) is 5.51. The van der Waals surface area contributed by atoms with Crippen LogP contribution < -0.4 is 16.0 Å². The summed E-state index contributed by atoms with van der Waals surface area (Å²) in [6.07, 6.45) is 2.58. The lowest BCUT2D eigenvalue weighted by Crippen LogP contribution is -2.32. The van der Waals surface area contributed by atoms with E-state index in [1.54, 1.807) is 36.3 Å². The van der Waals surface area contributed by atoms with Crippen LogP contribution in [0.5, 0.6) is 0 Å². The monoisotopic (exact) mass is 487 g/mol. The molecule has 36 heavy (non-hydrogen) atoms. The van der Waals surface area contributed by atoms with Crippen LogP contribution in [0.4, 0.5) is 5.95 Å². The van der Waals surface area contributed by atoms with Crippen molar-refractivity contribution in [3.63, 3.8) is 0 Å². The van der Waals surface area contributed by atoms with Gasteiger partial charge in [-0.25, -0.2) is 9.97 Å². The second-order valence-electron chi connectivity index (χ2n) is 8.46. The average molecular weight is 488 g/mol. The molecular formula is C26H29N7O3. The lowest BCUT2D eigenvalue weighted by Gasteiger charge is -2.19. The van der Waals surface area contributed by atoms with Crippen molar-refractivity contribution in [1.82, 2.24) is 19.9 Å². The quantitative estimate of drug-likeness (QED) is 0.168. The molecule has 0 bridgehead atoms. The maximum atomic E-state index is 12.7. The molecule has 1 atom stereocenters. The van der Waals surface area contributed by atoms with Gasteiger partial charge in [-0.05, 0) is 24.3 Å². The molecule has 2 heterocycles. The third-order valence-electron chi connectivity index (χ3n) is 5.84. The van der Waals surface area contributed by atoms with Gasteiger partial charge in [-0.1, -0.05) is 30.3 Å². The maximum absolute atomic E-state index is 12.7. The largest absolute Gasteiger partial charge is 0.394 e. The predicted octanol–water partition coefficient (Wildman–Crippen LogP) is 1.60. The Morgan fingerprint density at radius 2 is 1.94 bits per heavy atom. The molecule has 10 heteroatoms. The summed E-state index contributed by atoms with van der Waals surface area (Å²) >= 11 is 0. The summed E-state index contributed by atoms with van der Waals surface area (Å²) in [5.74, 6) is 0.248. The van der Waals surface area contributed by atoms with Crippen molar-refractivity contribution >= 4 is 28.6 Å². The van der Waals surface area contributed by atoms with Crippen molar-refractivity contribution in [2.45, 2.75) is 12.6 Å². The number of carbonyl (C=O) groups excluding carboxylic acids is 1. The molecule has 0 spiro atoms. The number of benzene rings is 2. The minimum atomic E-state index is -0.882. The topological polar surface area (TPSA) is 153 Å². The molecule has 1 unspecified atom stereocenters. The van der Waals surface area contributed by atoms with E-state index in [0.29, 0.717) is 35.9 Å². The molecule has 0 aliphatic carbocycles. The van der Waals surface area contributed by atoms with Crippen LogP contribution in [-0.2, 0) is 6.54 Å². The van der Waals surface area contributed by atoms with E-state index in [-0.39, 0.29) is 24.9 Å². The number of aliphatic hydroxyl groups is 2. The number of nitrogen functional groups attached to an aromatic ring is 1. The first-order valence-corrected chi connectivity index (χ1v) is 11.5. The highest BCUT2D eigenvalue weighted by Crippen LogP contribution is 2.21. The molecule has 0 aliphatic rings. The van der Waals surface area contributed by atoms with E-state index in [0.717, 1.165) is 16.5 Å².